The van der Waals surface area contributed by atoms with Crippen molar-refractivity contribution in [2.45, 2.75) is 44.5 Å². The number of sulfonamides is 1. The number of methoxy groups -OCH3 is 1. The zero-order chi connectivity index (χ0) is 13.6. The van der Waals surface area contributed by atoms with Gasteiger partial charge in [-0.2, -0.15) is 4.31 Å². The number of nitrogens with zero attached hydrogens (tertiary/aromatic N) is 1. The lowest BCUT2D eigenvalue weighted by Gasteiger charge is -2.33. The van der Waals surface area contributed by atoms with Gasteiger partial charge in [-0.1, -0.05) is 6.92 Å². The Kier molecular flexibility index (Phi) is 6.55. The molecule has 0 amide bonds. The fourth-order valence-corrected chi connectivity index (χ4v) is 3.77. The van der Waals surface area contributed by atoms with Crippen LogP contribution in [0.1, 0.15) is 33.1 Å². The van der Waals surface area contributed by atoms with Crippen molar-refractivity contribution in [1.82, 2.24) is 9.62 Å². The predicted molar refractivity (Wildman–Crippen MR) is 73.1 cm³/mol. The lowest BCUT2D eigenvalue weighted by atomic mass is 10.1. The Morgan fingerprint density at radius 2 is 2.22 bits per heavy atom. The number of piperidine rings is 1. The van der Waals surface area contributed by atoms with Crippen LogP contribution in [0.2, 0.25) is 0 Å². The van der Waals surface area contributed by atoms with E-state index >= 15 is 0 Å². The van der Waals surface area contributed by atoms with Gasteiger partial charge in [-0.05, 0) is 32.7 Å². The fraction of sp³-hybridized carbons (Fsp3) is 1.00. The van der Waals surface area contributed by atoms with Crippen molar-refractivity contribution in [1.29, 1.82) is 0 Å². The van der Waals surface area contributed by atoms with Crippen LogP contribution in [0.4, 0.5) is 0 Å². The summed E-state index contributed by atoms with van der Waals surface area (Å²) in [7, 11) is -1.55. The smallest absolute Gasteiger partial charge is 0.218 e. The van der Waals surface area contributed by atoms with Crippen LogP contribution < -0.4 is 5.32 Å². The van der Waals surface area contributed by atoms with Gasteiger partial charge in [-0.15, -0.1) is 0 Å². The first-order chi connectivity index (χ1) is 8.52. The first-order valence-electron chi connectivity index (χ1n) is 6.74. The maximum absolute atomic E-state index is 12.4. The summed E-state index contributed by atoms with van der Waals surface area (Å²) in [4.78, 5) is 0. The van der Waals surface area contributed by atoms with E-state index in [4.69, 9.17) is 4.74 Å². The van der Waals surface area contributed by atoms with Gasteiger partial charge in [0.2, 0.25) is 10.0 Å². The standard InChI is InChI=1S/C12H26N2O3S/c1-4-7-13-9-11(2)18(15,16)14-8-5-6-12(10-14)17-3/h11-13H,4-10H2,1-3H3. The van der Waals surface area contributed by atoms with Gasteiger partial charge in [0, 0.05) is 26.7 Å². The molecule has 6 heteroatoms. The van der Waals surface area contributed by atoms with Crippen LogP contribution in [-0.4, -0.2) is 57.4 Å². The minimum Gasteiger partial charge on any atom is -0.380 e. The molecular weight excluding hydrogens is 252 g/mol. The SMILES string of the molecule is CCCNCC(C)S(=O)(=O)N1CCCC(OC)C1. The second-order valence-electron chi connectivity index (χ2n) is 4.92. The minimum atomic E-state index is -3.19. The lowest BCUT2D eigenvalue weighted by Crippen LogP contribution is -2.48. The Labute approximate surface area is 111 Å². The van der Waals surface area contributed by atoms with Gasteiger partial charge in [0.25, 0.3) is 0 Å². The molecule has 0 spiro atoms. The summed E-state index contributed by atoms with van der Waals surface area (Å²) in [5.41, 5.74) is 0. The molecular formula is C12H26N2O3S. The molecule has 1 aliphatic rings. The Hall–Kier alpha value is -0.170. The third kappa shape index (κ3) is 4.19. The average molecular weight is 278 g/mol. The molecule has 0 aromatic heterocycles. The van der Waals surface area contributed by atoms with Crippen molar-refractivity contribution in [3.05, 3.63) is 0 Å². The van der Waals surface area contributed by atoms with Crippen LogP contribution in [-0.2, 0) is 14.8 Å². The van der Waals surface area contributed by atoms with Crippen LogP contribution in [0.5, 0.6) is 0 Å². The third-order valence-corrected chi connectivity index (χ3v) is 5.64. The zero-order valence-corrected chi connectivity index (χ0v) is 12.5. The molecule has 2 unspecified atom stereocenters. The van der Waals surface area contributed by atoms with Crippen molar-refractivity contribution < 1.29 is 13.2 Å². The molecule has 1 rings (SSSR count). The highest BCUT2D eigenvalue weighted by Gasteiger charge is 2.32. The molecule has 2 atom stereocenters. The van der Waals surface area contributed by atoms with Crippen molar-refractivity contribution >= 4 is 10.0 Å². The Bertz CT molecular complexity index is 332. The summed E-state index contributed by atoms with van der Waals surface area (Å²) < 4.78 is 31.6. The molecule has 0 bridgehead atoms. The van der Waals surface area contributed by atoms with Crippen LogP contribution in [0.3, 0.4) is 0 Å². The first-order valence-corrected chi connectivity index (χ1v) is 8.25. The normalized spacial score (nSPS) is 24.1. The van der Waals surface area contributed by atoms with Gasteiger partial charge in [-0.25, -0.2) is 8.42 Å². The van der Waals surface area contributed by atoms with Gasteiger partial charge < -0.3 is 10.1 Å². The Morgan fingerprint density at radius 1 is 1.50 bits per heavy atom. The topological polar surface area (TPSA) is 58.6 Å². The molecule has 108 valence electrons. The zero-order valence-electron chi connectivity index (χ0n) is 11.7. The van der Waals surface area contributed by atoms with Crippen LogP contribution in [0, 0.1) is 0 Å². The number of rotatable bonds is 7. The van der Waals surface area contributed by atoms with E-state index in [0.29, 0.717) is 19.6 Å². The molecule has 0 saturated carbocycles. The summed E-state index contributed by atoms with van der Waals surface area (Å²) >= 11 is 0. The second-order valence-corrected chi connectivity index (χ2v) is 7.27. The van der Waals surface area contributed by atoms with Gasteiger partial charge >= 0.3 is 0 Å². The van der Waals surface area contributed by atoms with E-state index in [9.17, 15) is 8.42 Å². The lowest BCUT2D eigenvalue weighted by molar-refractivity contribution is 0.0569. The van der Waals surface area contributed by atoms with E-state index in [-0.39, 0.29) is 11.4 Å². The highest BCUT2D eigenvalue weighted by atomic mass is 32.2. The van der Waals surface area contributed by atoms with Crippen LogP contribution >= 0.6 is 0 Å². The quantitative estimate of drug-likeness (QED) is 0.700. The van der Waals surface area contributed by atoms with Crippen LogP contribution in [0.25, 0.3) is 0 Å². The van der Waals surface area contributed by atoms with Crippen LogP contribution in [0.15, 0.2) is 0 Å². The maximum Gasteiger partial charge on any atom is 0.218 e. The summed E-state index contributed by atoms with van der Waals surface area (Å²) in [6, 6.07) is 0. The molecule has 0 aliphatic carbocycles. The number of ether oxygens (including phenoxy) is 1. The van der Waals surface area contributed by atoms with E-state index in [1.54, 1.807) is 18.3 Å². The predicted octanol–water partition coefficient (Wildman–Crippen LogP) is 0.815. The first kappa shape index (κ1) is 15.9. The summed E-state index contributed by atoms with van der Waals surface area (Å²) in [6.07, 6.45) is 2.89. The third-order valence-electron chi connectivity index (χ3n) is 3.40. The number of hydrogen-bond donors (Lipinski definition) is 1. The van der Waals surface area contributed by atoms with E-state index in [2.05, 4.69) is 12.2 Å². The molecule has 0 radical (unpaired) electrons. The largest absolute Gasteiger partial charge is 0.380 e. The van der Waals surface area contributed by atoms with Crippen molar-refractivity contribution in [3.8, 4) is 0 Å². The van der Waals surface area contributed by atoms with Crippen molar-refractivity contribution in [2.24, 2.45) is 0 Å². The average Bonchev–Trinajstić information content (AvgIpc) is 2.39. The summed E-state index contributed by atoms with van der Waals surface area (Å²) in [5.74, 6) is 0. The number of hydrogen-bond acceptors (Lipinski definition) is 4. The van der Waals surface area contributed by atoms with E-state index in [1.807, 2.05) is 0 Å². The van der Waals surface area contributed by atoms with Gasteiger partial charge in [-0.3, -0.25) is 0 Å². The molecule has 1 saturated heterocycles. The summed E-state index contributed by atoms with van der Waals surface area (Å²) in [5, 5.41) is 2.79. The highest BCUT2D eigenvalue weighted by molar-refractivity contribution is 7.89. The molecule has 1 fully saturated rings. The van der Waals surface area contributed by atoms with Crippen molar-refractivity contribution in [2.75, 3.05) is 33.3 Å². The van der Waals surface area contributed by atoms with Gasteiger partial charge in [0.05, 0.1) is 11.4 Å². The van der Waals surface area contributed by atoms with E-state index in [0.717, 1.165) is 25.8 Å². The van der Waals surface area contributed by atoms with Crippen molar-refractivity contribution in [3.63, 3.8) is 0 Å². The Morgan fingerprint density at radius 3 is 2.83 bits per heavy atom. The maximum atomic E-state index is 12.4. The highest BCUT2D eigenvalue weighted by Crippen LogP contribution is 2.18. The molecule has 0 aromatic rings. The molecule has 1 N–H and O–H groups in total. The molecule has 1 aliphatic heterocycles. The second kappa shape index (κ2) is 7.43. The van der Waals surface area contributed by atoms with E-state index in [1.165, 1.54) is 0 Å². The van der Waals surface area contributed by atoms with Gasteiger partial charge in [0.1, 0.15) is 0 Å². The molecule has 0 aromatic carbocycles. The summed E-state index contributed by atoms with van der Waals surface area (Å²) in [6.45, 7) is 6.34. The fourth-order valence-electron chi connectivity index (χ4n) is 2.17. The monoisotopic (exact) mass is 278 g/mol. The molecule has 5 nitrogen and oxygen atoms in total. The number of nitrogens with one attached hydrogen (secondary N) is 1. The molecule has 1 heterocycles. The Balaban J connectivity index is 2.55. The minimum absolute atomic E-state index is 0.0457. The molecule has 18 heavy (non-hydrogen) atoms. The van der Waals surface area contributed by atoms with Gasteiger partial charge in [0.15, 0.2) is 0 Å². The van der Waals surface area contributed by atoms with E-state index < -0.39 is 10.0 Å².